The smallest absolute Gasteiger partial charge is 0.257 e. The second-order valence-corrected chi connectivity index (χ2v) is 6.77. The van der Waals surface area contributed by atoms with E-state index >= 15 is 0 Å². The summed E-state index contributed by atoms with van der Waals surface area (Å²) in [5.41, 5.74) is 7.99. The molecule has 2 aromatic heterocycles. The molecule has 0 radical (unpaired) electrons. The normalized spacial score (nSPS) is 16.7. The van der Waals surface area contributed by atoms with Crippen LogP contribution >= 0.6 is 0 Å². The van der Waals surface area contributed by atoms with Crippen LogP contribution < -0.4 is 15.8 Å². The van der Waals surface area contributed by atoms with Gasteiger partial charge in [-0.1, -0.05) is 13.3 Å². The maximum absolute atomic E-state index is 9.74. The lowest BCUT2D eigenvalue weighted by Gasteiger charge is -2.18. The lowest BCUT2D eigenvalue weighted by Crippen LogP contribution is -2.17. The highest BCUT2D eigenvalue weighted by molar-refractivity contribution is 5.89. The van der Waals surface area contributed by atoms with E-state index in [0.717, 1.165) is 50.8 Å². The van der Waals surface area contributed by atoms with Crippen molar-refractivity contribution in [1.82, 2.24) is 19.9 Å². The molecule has 150 valence electrons. The Hall–Kier alpha value is -2.81. The van der Waals surface area contributed by atoms with Gasteiger partial charge in [-0.25, -0.2) is 19.9 Å². The monoisotopic (exact) mass is 385 g/mol. The van der Waals surface area contributed by atoms with Crippen LogP contribution in [0.25, 0.3) is 11.3 Å². The van der Waals surface area contributed by atoms with E-state index in [1.165, 1.54) is 7.11 Å². The highest BCUT2D eigenvalue weighted by atomic mass is 16.5. The first-order valence-electron chi connectivity index (χ1n) is 9.63. The molecule has 2 aromatic rings. The van der Waals surface area contributed by atoms with E-state index < -0.39 is 0 Å². The molecule has 0 atom stereocenters. The van der Waals surface area contributed by atoms with Crippen molar-refractivity contribution in [3.05, 3.63) is 12.4 Å². The Labute approximate surface area is 164 Å². The lowest BCUT2D eigenvalue weighted by atomic mass is 9.96. The second-order valence-electron chi connectivity index (χ2n) is 6.77. The predicted molar refractivity (Wildman–Crippen MR) is 109 cm³/mol. The number of unbranched alkanes of at least 4 members (excludes halogenated alkanes) is 1. The maximum Gasteiger partial charge on any atom is 0.257 e. The van der Waals surface area contributed by atoms with Crippen molar-refractivity contribution in [3.8, 4) is 17.1 Å². The first-order chi connectivity index (χ1) is 13.6. The van der Waals surface area contributed by atoms with Crippen molar-refractivity contribution < 1.29 is 9.84 Å². The zero-order valence-corrected chi connectivity index (χ0v) is 16.4. The van der Waals surface area contributed by atoms with E-state index in [1.54, 1.807) is 12.4 Å². The summed E-state index contributed by atoms with van der Waals surface area (Å²) in [4.78, 5) is 22.3. The Bertz CT molecular complexity index is 831. The molecule has 2 heterocycles. The van der Waals surface area contributed by atoms with Gasteiger partial charge in [-0.2, -0.15) is 4.98 Å². The molecule has 0 aromatic carbocycles. The van der Waals surface area contributed by atoms with Crippen LogP contribution in [-0.2, 0) is 0 Å². The molecule has 0 bridgehead atoms. The van der Waals surface area contributed by atoms with Gasteiger partial charge in [-0.3, -0.25) is 0 Å². The number of ether oxygens (including phenoxy) is 1. The summed E-state index contributed by atoms with van der Waals surface area (Å²) in [5.74, 6) is 1.53. The number of nitrogens with zero attached hydrogens (tertiary/aromatic N) is 5. The number of methoxy groups -OCH3 is 1. The van der Waals surface area contributed by atoms with Gasteiger partial charge in [-0.15, -0.1) is 0 Å². The molecule has 9 nitrogen and oxygen atoms in total. The van der Waals surface area contributed by atoms with Crippen LogP contribution in [0, 0.1) is 0 Å². The summed E-state index contributed by atoms with van der Waals surface area (Å²) in [6.07, 6.45) is 8.07. The first-order valence-corrected chi connectivity index (χ1v) is 9.63. The molecule has 28 heavy (non-hydrogen) atoms. The number of aliphatic hydroxyl groups is 1. The third-order valence-electron chi connectivity index (χ3n) is 4.61. The van der Waals surface area contributed by atoms with Gasteiger partial charge in [0.05, 0.1) is 30.7 Å². The average Bonchev–Trinajstić information content (AvgIpc) is 2.71. The number of aliphatic imine (C=N–C) groups is 1. The number of aliphatic hydroxyl groups excluding tert-OH is 1. The lowest BCUT2D eigenvalue weighted by molar-refractivity contribution is 0.152. The minimum Gasteiger partial charge on any atom is -0.478 e. The molecule has 1 aliphatic carbocycles. The molecule has 1 fully saturated rings. The molecule has 9 heteroatoms. The fourth-order valence-electron chi connectivity index (χ4n) is 2.96. The second kappa shape index (κ2) is 9.41. The summed E-state index contributed by atoms with van der Waals surface area (Å²) in [5, 5.41) is 13.0. The van der Waals surface area contributed by atoms with E-state index in [9.17, 15) is 5.11 Å². The molecule has 3 rings (SSSR count). The van der Waals surface area contributed by atoms with Crippen molar-refractivity contribution >= 4 is 23.3 Å². The minimum atomic E-state index is -0.248. The molecule has 1 aliphatic rings. The van der Waals surface area contributed by atoms with Crippen molar-refractivity contribution in [2.24, 2.45) is 4.99 Å². The maximum atomic E-state index is 9.74. The van der Waals surface area contributed by atoms with E-state index in [4.69, 9.17) is 15.5 Å². The predicted octanol–water partition coefficient (Wildman–Crippen LogP) is 2.74. The van der Waals surface area contributed by atoms with E-state index in [2.05, 4.69) is 32.2 Å². The Kier molecular flexibility index (Phi) is 6.70. The van der Waals surface area contributed by atoms with Gasteiger partial charge in [0.1, 0.15) is 0 Å². The van der Waals surface area contributed by atoms with Crippen LogP contribution in [-0.4, -0.2) is 50.5 Å². The van der Waals surface area contributed by atoms with Crippen molar-refractivity contribution in [2.45, 2.75) is 51.6 Å². The molecule has 4 N–H and O–H groups in total. The largest absolute Gasteiger partial charge is 0.478 e. The zero-order chi connectivity index (χ0) is 19.9. The summed E-state index contributed by atoms with van der Waals surface area (Å²) in [7, 11) is 1.50. The molecule has 0 spiro atoms. The number of hydrogen-bond acceptors (Lipinski definition) is 9. The third-order valence-corrected chi connectivity index (χ3v) is 4.61. The highest BCUT2D eigenvalue weighted by Gasteiger charge is 2.18. The van der Waals surface area contributed by atoms with Crippen molar-refractivity contribution in [2.75, 3.05) is 24.7 Å². The van der Waals surface area contributed by atoms with Crippen LogP contribution in [0.3, 0.4) is 0 Å². The number of nitrogens with one attached hydrogen (secondary N) is 1. The zero-order valence-electron chi connectivity index (χ0n) is 16.4. The van der Waals surface area contributed by atoms with Crippen LogP contribution in [0.4, 0.5) is 17.6 Å². The average molecular weight is 385 g/mol. The van der Waals surface area contributed by atoms with Crippen LogP contribution in [0.5, 0.6) is 5.88 Å². The van der Waals surface area contributed by atoms with Crippen molar-refractivity contribution in [1.29, 1.82) is 0 Å². The van der Waals surface area contributed by atoms with E-state index in [1.807, 2.05) is 0 Å². The van der Waals surface area contributed by atoms with Gasteiger partial charge in [0, 0.05) is 18.5 Å². The number of aromatic nitrogens is 4. The number of hydrogen-bond donors (Lipinski definition) is 3. The molecule has 0 unspecified atom stereocenters. The summed E-state index contributed by atoms with van der Waals surface area (Å²) < 4.78 is 5.18. The van der Waals surface area contributed by atoms with Crippen LogP contribution in [0.1, 0.15) is 45.4 Å². The summed E-state index contributed by atoms with van der Waals surface area (Å²) in [6, 6.07) is 0. The SMILES string of the molecule is CCCCNc1ncc(-c2cnc(N)c(OC)n2)c(N=C2CCC(O)CC2)n1. The number of rotatable bonds is 7. The van der Waals surface area contributed by atoms with Gasteiger partial charge in [0.15, 0.2) is 11.6 Å². The van der Waals surface area contributed by atoms with E-state index in [-0.39, 0.29) is 17.8 Å². The highest BCUT2D eigenvalue weighted by Crippen LogP contribution is 2.31. The molecular formula is C19H27N7O2. The Morgan fingerprint density at radius 3 is 2.75 bits per heavy atom. The topological polar surface area (TPSA) is 131 Å². The molecule has 1 saturated carbocycles. The molecule has 0 aliphatic heterocycles. The van der Waals surface area contributed by atoms with Gasteiger partial charge in [0.2, 0.25) is 5.95 Å². The number of anilines is 2. The summed E-state index contributed by atoms with van der Waals surface area (Å²) >= 11 is 0. The fraction of sp³-hybridized carbons (Fsp3) is 0.526. The summed E-state index contributed by atoms with van der Waals surface area (Å²) in [6.45, 7) is 2.93. The number of nitrogen functional groups attached to an aromatic ring is 1. The number of nitrogens with two attached hydrogens (primary N) is 1. The van der Waals surface area contributed by atoms with Gasteiger partial charge >= 0.3 is 0 Å². The quantitative estimate of drug-likeness (QED) is 0.620. The third kappa shape index (κ3) is 4.92. The fourth-order valence-corrected chi connectivity index (χ4v) is 2.96. The van der Waals surface area contributed by atoms with Crippen LogP contribution in [0.15, 0.2) is 17.4 Å². The van der Waals surface area contributed by atoms with Gasteiger partial charge in [0.25, 0.3) is 5.88 Å². The van der Waals surface area contributed by atoms with Crippen molar-refractivity contribution in [3.63, 3.8) is 0 Å². The standard InChI is InChI=1S/C19H27N7O2/c1-3-4-9-21-19-23-10-14(15-11-22-16(20)18(25-15)28-2)17(26-19)24-12-5-7-13(27)8-6-12/h10-11,13,27H,3-9H2,1-2H3,(H2,20,22)(H,21,23,26). The first kappa shape index (κ1) is 19.9. The Balaban J connectivity index is 1.97. The van der Waals surface area contributed by atoms with Crippen LogP contribution in [0.2, 0.25) is 0 Å². The van der Waals surface area contributed by atoms with E-state index in [0.29, 0.717) is 23.0 Å². The Morgan fingerprint density at radius 1 is 1.25 bits per heavy atom. The molecule has 0 amide bonds. The van der Waals surface area contributed by atoms with Gasteiger partial charge < -0.3 is 20.9 Å². The van der Waals surface area contributed by atoms with Gasteiger partial charge in [-0.05, 0) is 32.1 Å². The Morgan fingerprint density at radius 2 is 2.04 bits per heavy atom. The molecule has 0 saturated heterocycles. The minimum absolute atomic E-state index is 0.221. The molecular weight excluding hydrogens is 358 g/mol.